The number of rotatable bonds is 3. The molecular weight excluding hydrogens is 330 g/mol. The van der Waals surface area contributed by atoms with Gasteiger partial charge in [0, 0.05) is 29.2 Å². The van der Waals surface area contributed by atoms with Crippen molar-refractivity contribution in [1.29, 1.82) is 0 Å². The van der Waals surface area contributed by atoms with Gasteiger partial charge >= 0.3 is 5.97 Å². The summed E-state index contributed by atoms with van der Waals surface area (Å²) in [6, 6.07) is 4.67. The first kappa shape index (κ1) is 17.9. The zero-order valence-corrected chi connectivity index (χ0v) is 14.6. The minimum Gasteiger partial charge on any atom is -0.464 e. The molecule has 1 N–H and O–H groups in total. The number of ether oxygens (including phenoxy) is 1. The number of methoxy groups -OCH3 is 1. The Hall–Kier alpha value is -2.47. The van der Waals surface area contributed by atoms with Crippen LogP contribution < -0.4 is 5.32 Å². The standard InChI is InChI=1S/C17H18ClN3O3/c1-17(2,3)14-8-12(18)11(9-20-14)15(22)21-10-5-6-19-13(7-10)16(23)24-4/h5-9H,1-4H3,(H,19,21,22). The zero-order valence-electron chi connectivity index (χ0n) is 13.9. The van der Waals surface area contributed by atoms with Crippen molar-refractivity contribution in [3.8, 4) is 0 Å². The summed E-state index contributed by atoms with van der Waals surface area (Å²) in [7, 11) is 1.26. The van der Waals surface area contributed by atoms with Crippen LogP contribution in [0.15, 0.2) is 30.6 Å². The number of hydrogen-bond acceptors (Lipinski definition) is 5. The summed E-state index contributed by atoms with van der Waals surface area (Å²) < 4.78 is 4.60. The third-order valence-electron chi connectivity index (χ3n) is 3.28. The molecule has 2 heterocycles. The summed E-state index contributed by atoms with van der Waals surface area (Å²) >= 11 is 6.21. The molecule has 0 aromatic carbocycles. The summed E-state index contributed by atoms with van der Waals surface area (Å²) in [5.74, 6) is -1.00. The number of halogens is 1. The van der Waals surface area contributed by atoms with Crippen molar-refractivity contribution in [3.63, 3.8) is 0 Å². The van der Waals surface area contributed by atoms with E-state index >= 15 is 0 Å². The normalized spacial score (nSPS) is 11.0. The van der Waals surface area contributed by atoms with E-state index in [9.17, 15) is 9.59 Å². The minimum absolute atomic E-state index is 0.0996. The summed E-state index contributed by atoms with van der Waals surface area (Å²) in [5, 5.41) is 2.98. The minimum atomic E-state index is -0.583. The largest absolute Gasteiger partial charge is 0.464 e. The molecule has 2 aromatic rings. The second kappa shape index (κ2) is 6.97. The molecule has 0 unspecified atom stereocenters. The van der Waals surface area contributed by atoms with Crippen molar-refractivity contribution in [3.05, 3.63) is 52.6 Å². The highest BCUT2D eigenvalue weighted by atomic mass is 35.5. The Labute approximate surface area is 145 Å². The monoisotopic (exact) mass is 347 g/mol. The van der Waals surface area contributed by atoms with Gasteiger partial charge in [-0.3, -0.25) is 9.78 Å². The second-order valence-corrected chi connectivity index (χ2v) is 6.58. The zero-order chi connectivity index (χ0) is 17.9. The van der Waals surface area contributed by atoms with Crippen LogP contribution in [0.4, 0.5) is 5.69 Å². The lowest BCUT2D eigenvalue weighted by Crippen LogP contribution is -2.17. The van der Waals surface area contributed by atoms with Gasteiger partial charge in [-0.05, 0) is 18.2 Å². The van der Waals surface area contributed by atoms with Crippen molar-refractivity contribution < 1.29 is 14.3 Å². The molecule has 0 bridgehead atoms. The van der Waals surface area contributed by atoms with E-state index in [1.807, 2.05) is 20.8 Å². The van der Waals surface area contributed by atoms with Gasteiger partial charge in [-0.2, -0.15) is 0 Å². The lowest BCUT2D eigenvalue weighted by molar-refractivity contribution is 0.0594. The van der Waals surface area contributed by atoms with E-state index in [0.29, 0.717) is 10.7 Å². The van der Waals surface area contributed by atoms with E-state index in [1.54, 1.807) is 12.1 Å². The van der Waals surface area contributed by atoms with Crippen molar-refractivity contribution in [2.45, 2.75) is 26.2 Å². The Kier molecular flexibility index (Phi) is 5.19. The van der Waals surface area contributed by atoms with Crippen LogP contribution in [0.2, 0.25) is 5.02 Å². The molecule has 24 heavy (non-hydrogen) atoms. The predicted molar refractivity (Wildman–Crippen MR) is 91.5 cm³/mol. The molecule has 0 spiro atoms. The number of anilines is 1. The smallest absolute Gasteiger partial charge is 0.356 e. The number of carbonyl (C=O) groups is 2. The highest BCUT2D eigenvalue weighted by molar-refractivity contribution is 6.34. The molecule has 2 aromatic heterocycles. The van der Waals surface area contributed by atoms with Crippen LogP contribution in [-0.4, -0.2) is 29.0 Å². The van der Waals surface area contributed by atoms with Gasteiger partial charge in [0.15, 0.2) is 0 Å². The van der Waals surface area contributed by atoms with E-state index in [1.165, 1.54) is 25.6 Å². The molecule has 6 nitrogen and oxygen atoms in total. The van der Waals surface area contributed by atoms with Crippen LogP contribution in [0.3, 0.4) is 0 Å². The maximum atomic E-state index is 12.4. The van der Waals surface area contributed by atoms with E-state index in [4.69, 9.17) is 11.6 Å². The third kappa shape index (κ3) is 4.08. The van der Waals surface area contributed by atoms with Crippen LogP contribution in [0.5, 0.6) is 0 Å². The maximum absolute atomic E-state index is 12.4. The quantitative estimate of drug-likeness (QED) is 0.860. The molecule has 7 heteroatoms. The molecule has 0 saturated carbocycles. The first-order chi connectivity index (χ1) is 11.2. The topological polar surface area (TPSA) is 81.2 Å². The number of esters is 1. The summed E-state index contributed by atoms with van der Waals surface area (Å²) in [5.41, 5.74) is 1.38. The fourth-order valence-electron chi connectivity index (χ4n) is 1.93. The highest BCUT2D eigenvalue weighted by Gasteiger charge is 2.19. The summed E-state index contributed by atoms with van der Waals surface area (Å²) in [6.45, 7) is 6.03. The molecule has 0 aliphatic heterocycles. The summed E-state index contributed by atoms with van der Waals surface area (Å²) in [4.78, 5) is 32.0. The number of pyridine rings is 2. The fraction of sp³-hybridized carbons (Fsp3) is 0.294. The SMILES string of the molecule is COC(=O)c1cc(NC(=O)c2cnc(C(C)(C)C)cc2Cl)ccn1. The van der Waals surface area contributed by atoms with E-state index < -0.39 is 11.9 Å². The van der Waals surface area contributed by atoms with Crippen LogP contribution in [0, 0.1) is 0 Å². The van der Waals surface area contributed by atoms with Gasteiger partial charge in [0.25, 0.3) is 5.91 Å². The molecule has 0 aliphatic rings. The van der Waals surface area contributed by atoms with Gasteiger partial charge in [-0.1, -0.05) is 32.4 Å². The van der Waals surface area contributed by atoms with E-state index in [0.717, 1.165) is 5.69 Å². The number of aromatic nitrogens is 2. The van der Waals surface area contributed by atoms with Gasteiger partial charge in [0.1, 0.15) is 5.69 Å². The predicted octanol–water partition coefficient (Wildman–Crippen LogP) is 3.47. The average molecular weight is 348 g/mol. The molecular formula is C17H18ClN3O3. The van der Waals surface area contributed by atoms with Crippen molar-refractivity contribution in [2.24, 2.45) is 0 Å². The van der Waals surface area contributed by atoms with Crippen LogP contribution >= 0.6 is 11.6 Å². The first-order valence-electron chi connectivity index (χ1n) is 7.24. The molecule has 1 amide bonds. The Morgan fingerprint density at radius 1 is 1.21 bits per heavy atom. The van der Waals surface area contributed by atoms with Gasteiger partial charge in [0.05, 0.1) is 17.7 Å². The molecule has 0 atom stereocenters. The van der Waals surface area contributed by atoms with Crippen LogP contribution in [-0.2, 0) is 10.2 Å². The van der Waals surface area contributed by atoms with Gasteiger partial charge in [-0.15, -0.1) is 0 Å². The number of hydrogen-bond donors (Lipinski definition) is 1. The Balaban J connectivity index is 2.23. The Morgan fingerprint density at radius 3 is 2.50 bits per heavy atom. The molecule has 2 rings (SSSR count). The molecule has 0 saturated heterocycles. The maximum Gasteiger partial charge on any atom is 0.356 e. The first-order valence-corrected chi connectivity index (χ1v) is 7.62. The molecule has 0 radical (unpaired) electrons. The van der Waals surface area contributed by atoms with E-state index in [-0.39, 0.29) is 16.7 Å². The van der Waals surface area contributed by atoms with Crippen molar-refractivity contribution >= 4 is 29.2 Å². The molecule has 126 valence electrons. The number of nitrogens with zero attached hydrogens (tertiary/aromatic N) is 2. The van der Waals surface area contributed by atoms with Crippen LogP contribution in [0.25, 0.3) is 0 Å². The molecule has 0 aliphatic carbocycles. The van der Waals surface area contributed by atoms with Gasteiger partial charge in [-0.25, -0.2) is 9.78 Å². The van der Waals surface area contributed by atoms with Gasteiger partial charge in [0.2, 0.25) is 0 Å². The fourth-order valence-corrected chi connectivity index (χ4v) is 2.17. The number of amides is 1. The summed E-state index contributed by atoms with van der Waals surface area (Å²) in [6.07, 6.45) is 2.85. The van der Waals surface area contributed by atoms with Crippen LogP contribution in [0.1, 0.15) is 47.3 Å². The lowest BCUT2D eigenvalue weighted by Gasteiger charge is -2.18. The molecule has 0 fully saturated rings. The third-order valence-corrected chi connectivity index (χ3v) is 3.59. The second-order valence-electron chi connectivity index (χ2n) is 6.17. The average Bonchev–Trinajstić information content (AvgIpc) is 2.53. The van der Waals surface area contributed by atoms with E-state index in [2.05, 4.69) is 20.0 Å². The lowest BCUT2D eigenvalue weighted by atomic mass is 9.91. The van der Waals surface area contributed by atoms with Crippen molar-refractivity contribution in [1.82, 2.24) is 9.97 Å². The Morgan fingerprint density at radius 2 is 1.92 bits per heavy atom. The van der Waals surface area contributed by atoms with Crippen molar-refractivity contribution in [2.75, 3.05) is 12.4 Å². The number of carbonyl (C=O) groups excluding carboxylic acids is 2. The highest BCUT2D eigenvalue weighted by Crippen LogP contribution is 2.25. The Bertz CT molecular complexity index is 785. The van der Waals surface area contributed by atoms with Gasteiger partial charge < -0.3 is 10.1 Å². The number of nitrogens with one attached hydrogen (secondary N) is 1.